The number of aliphatic hydroxyl groups is 4. The topological polar surface area (TPSA) is 109 Å². The number of rotatable bonds is 4. The molecule has 0 bridgehead atoms. The molecule has 0 spiro atoms. The molecule has 1 aliphatic carbocycles. The molecule has 8 atom stereocenters. The van der Waals surface area contributed by atoms with Gasteiger partial charge in [0.25, 0.3) is 0 Å². The van der Waals surface area contributed by atoms with Crippen LogP contribution in [0, 0.1) is 47.3 Å². The first-order chi connectivity index (χ1) is 18.4. The van der Waals surface area contributed by atoms with Crippen molar-refractivity contribution in [3.63, 3.8) is 0 Å². The Morgan fingerprint density at radius 1 is 0.410 bits per heavy atom. The van der Waals surface area contributed by atoms with Crippen molar-refractivity contribution in [1.82, 2.24) is 0 Å². The van der Waals surface area contributed by atoms with Gasteiger partial charge in [0.05, 0.1) is 50.8 Å². The smallest absolute Gasteiger partial charge is 0.0826 e. The summed E-state index contributed by atoms with van der Waals surface area (Å²) in [5, 5.41) is 37.6. The minimum atomic E-state index is -0.228. The fourth-order valence-electron chi connectivity index (χ4n) is 6.02. The summed E-state index contributed by atoms with van der Waals surface area (Å²) in [4.78, 5) is 0. The number of aliphatic hydroxyl groups excluding tert-OH is 4. The van der Waals surface area contributed by atoms with E-state index in [9.17, 15) is 20.4 Å². The molecule has 7 heteroatoms. The van der Waals surface area contributed by atoms with Crippen LogP contribution in [0.1, 0.15) is 93.9 Å². The van der Waals surface area contributed by atoms with Gasteiger partial charge in [-0.25, -0.2) is 0 Å². The molecule has 0 aromatic carbocycles. The molecule has 0 aromatic heterocycles. The van der Waals surface area contributed by atoms with Gasteiger partial charge in [-0.05, 0) is 61.2 Å². The Balaban J connectivity index is 0.000000260. The normalized spacial score (nSPS) is 35.1. The zero-order valence-electron chi connectivity index (χ0n) is 26.4. The molecule has 0 aromatic rings. The molecule has 3 aliphatic heterocycles. The van der Waals surface area contributed by atoms with Crippen LogP contribution >= 0.6 is 0 Å². The molecule has 234 valence electrons. The summed E-state index contributed by atoms with van der Waals surface area (Å²) in [6.45, 7) is 21.3. The lowest BCUT2D eigenvalue weighted by Crippen LogP contribution is -2.35. The second kappa shape index (κ2) is 19.8. The third-order valence-electron chi connectivity index (χ3n) is 9.04. The summed E-state index contributed by atoms with van der Waals surface area (Å²) in [6, 6.07) is 0. The van der Waals surface area contributed by atoms with Crippen molar-refractivity contribution >= 4 is 0 Å². The van der Waals surface area contributed by atoms with E-state index < -0.39 is 0 Å². The zero-order valence-corrected chi connectivity index (χ0v) is 26.4. The van der Waals surface area contributed by atoms with Crippen LogP contribution in [0.25, 0.3) is 0 Å². The Hall–Kier alpha value is -0.280. The first kappa shape index (κ1) is 36.7. The van der Waals surface area contributed by atoms with Crippen LogP contribution in [-0.4, -0.2) is 84.5 Å². The van der Waals surface area contributed by atoms with Gasteiger partial charge in [-0.1, -0.05) is 68.2 Å². The zero-order chi connectivity index (χ0) is 29.5. The van der Waals surface area contributed by atoms with E-state index in [4.69, 9.17) is 14.2 Å². The molecule has 3 saturated heterocycles. The molecule has 4 fully saturated rings. The van der Waals surface area contributed by atoms with Gasteiger partial charge in [-0.2, -0.15) is 0 Å². The van der Waals surface area contributed by atoms with E-state index in [1.165, 1.54) is 19.3 Å². The van der Waals surface area contributed by atoms with Gasteiger partial charge in [0, 0.05) is 25.0 Å². The molecule has 39 heavy (non-hydrogen) atoms. The van der Waals surface area contributed by atoms with Crippen molar-refractivity contribution in [2.24, 2.45) is 47.3 Å². The molecular weight excluding hydrogens is 496 g/mol. The van der Waals surface area contributed by atoms with Crippen LogP contribution in [0.3, 0.4) is 0 Å². The van der Waals surface area contributed by atoms with Crippen LogP contribution in [-0.2, 0) is 14.2 Å². The Kier molecular flexibility index (Phi) is 18.6. The number of hydrogen-bond donors (Lipinski definition) is 4. The minimum absolute atomic E-state index is 0.00579. The molecule has 1 saturated carbocycles. The van der Waals surface area contributed by atoms with Gasteiger partial charge in [-0.15, -0.1) is 0 Å². The molecule has 4 rings (SSSR count). The predicted molar refractivity (Wildman–Crippen MR) is 157 cm³/mol. The van der Waals surface area contributed by atoms with Crippen LogP contribution in [0.15, 0.2) is 0 Å². The summed E-state index contributed by atoms with van der Waals surface area (Å²) in [5.41, 5.74) is 0. The average Bonchev–Trinajstić information content (AvgIpc) is 3.32. The fraction of sp³-hybridized carbons (Fsp3) is 1.00. The SMILES string of the molecule is CC(C)C1CCCCC1O.CC(C)C1CCOCC1O.CC(C)C1COCC1O.CC(C)C1COCCC1O. The minimum Gasteiger partial charge on any atom is -0.393 e. The van der Waals surface area contributed by atoms with Crippen LogP contribution < -0.4 is 0 Å². The predicted octanol–water partition coefficient (Wildman–Crippen LogP) is 4.92. The Morgan fingerprint density at radius 2 is 0.795 bits per heavy atom. The molecule has 0 radical (unpaired) electrons. The van der Waals surface area contributed by atoms with Gasteiger partial charge in [0.15, 0.2) is 0 Å². The Morgan fingerprint density at radius 3 is 1.15 bits per heavy atom. The van der Waals surface area contributed by atoms with Gasteiger partial charge < -0.3 is 34.6 Å². The van der Waals surface area contributed by atoms with E-state index in [-0.39, 0.29) is 24.4 Å². The first-order valence-corrected chi connectivity index (χ1v) is 15.8. The second-order valence-corrected chi connectivity index (χ2v) is 13.4. The van der Waals surface area contributed by atoms with E-state index in [1.54, 1.807) is 0 Å². The second-order valence-electron chi connectivity index (χ2n) is 13.4. The molecular formula is C32H64O7. The van der Waals surface area contributed by atoms with Gasteiger partial charge in [-0.3, -0.25) is 0 Å². The molecule has 0 amide bonds. The number of hydrogen-bond acceptors (Lipinski definition) is 7. The highest BCUT2D eigenvalue weighted by atomic mass is 16.5. The van der Waals surface area contributed by atoms with Gasteiger partial charge in [0.2, 0.25) is 0 Å². The number of ether oxygens (including phenoxy) is 3. The lowest BCUT2D eigenvalue weighted by molar-refractivity contribution is -0.0572. The van der Waals surface area contributed by atoms with E-state index in [0.717, 1.165) is 45.7 Å². The molecule has 4 aliphatic rings. The lowest BCUT2D eigenvalue weighted by Gasteiger charge is -2.30. The van der Waals surface area contributed by atoms with E-state index in [2.05, 4.69) is 55.4 Å². The maximum Gasteiger partial charge on any atom is 0.0826 e. The maximum absolute atomic E-state index is 9.54. The maximum atomic E-state index is 9.54. The highest BCUT2D eigenvalue weighted by molar-refractivity contribution is 4.77. The van der Waals surface area contributed by atoms with Crippen molar-refractivity contribution in [3.8, 4) is 0 Å². The lowest BCUT2D eigenvalue weighted by atomic mass is 9.79. The average molecular weight is 561 g/mol. The van der Waals surface area contributed by atoms with Crippen LogP contribution in [0.4, 0.5) is 0 Å². The third kappa shape index (κ3) is 14.0. The Labute approximate surface area is 240 Å². The standard InChI is InChI=1S/C9H18O.2C8H16O2.C7H14O2/c1-7(2)8-5-3-4-6-9(8)10;1-6(2)7-5-10-4-3-8(7)9;1-6(2)7-3-4-10-5-8(7)9;1-5(2)6-3-9-4-7(6)8/h7-10H,3-6H2,1-2H3;2*6-9H,3-5H2,1-2H3;5-8H,3-4H2,1-2H3. The van der Waals surface area contributed by atoms with Crippen molar-refractivity contribution in [2.45, 2.75) is 118 Å². The van der Waals surface area contributed by atoms with Crippen LogP contribution in [0.5, 0.6) is 0 Å². The van der Waals surface area contributed by atoms with Gasteiger partial charge in [0.1, 0.15) is 0 Å². The van der Waals surface area contributed by atoms with Crippen molar-refractivity contribution in [1.29, 1.82) is 0 Å². The molecule has 8 unspecified atom stereocenters. The van der Waals surface area contributed by atoms with Gasteiger partial charge >= 0.3 is 0 Å². The monoisotopic (exact) mass is 560 g/mol. The van der Waals surface area contributed by atoms with E-state index >= 15 is 0 Å². The first-order valence-electron chi connectivity index (χ1n) is 15.8. The quantitative estimate of drug-likeness (QED) is 0.386. The molecule has 7 nitrogen and oxygen atoms in total. The van der Waals surface area contributed by atoms with Crippen molar-refractivity contribution < 1.29 is 34.6 Å². The largest absolute Gasteiger partial charge is 0.393 e. The highest BCUT2D eigenvalue weighted by Gasteiger charge is 2.29. The van der Waals surface area contributed by atoms with E-state index in [1.807, 2.05) is 0 Å². The highest BCUT2D eigenvalue weighted by Crippen LogP contribution is 2.30. The van der Waals surface area contributed by atoms with Crippen molar-refractivity contribution in [3.05, 3.63) is 0 Å². The van der Waals surface area contributed by atoms with E-state index in [0.29, 0.717) is 60.6 Å². The third-order valence-corrected chi connectivity index (χ3v) is 9.04. The summed E-state index contributed by atoms with van der Waals surface area (Å²) in [7, 11) is 0. The Bertz CT molecular complexity index is 535. The summed E-state index contributed by atoms with van der Waals surface area (Å²) in [5.74, 6) is 4.08. The fourth-order valence-corrected chi connectivity index (χ4v) is 6.02. The molecule has 3 heterocycles. The summed E-state index contributed by atoms with van der Waals surface area (Å²) in [6.07, 6.45) is 6.05. The van der Waals surface area contributed by atoms with Crippen molar-refractivity contribution in [2.75, 3.05) is 39.6 Å². The summed E-state index contributed by atoms with van der Waals surface area (Å²) >= 11 is 0. The molecule has 4 N–H and O–H groups in total. The van der Waals surface area contributed by atoms with Crippen LogP contribution in [0.2, 0.25) is 0 Å². The summed E-state index contributed by atoms with van der Waals surface area (Å²) < 4.78 is 15.4.